The van der Waals surface area contributed by atoms with Gasteiger partial charge in [0.25, 0.3) is 0 Å². The number of likely N-dealkylation sites (tertiary alicyclic amines) is 1. The number of carbonyl (C=O) groups excluding carboxylic acids is 1. The lowest BCUT2D eigenvalue weighted by Crippen LogP contribution is -2.50. The van der Waals surface area contributed by atoms with Crippen molar-refractivity contribution in [1.82, 2.24) is 4.90 Å². The summed E-state index contributed by atoms with van der Waals surface area (Å²) in [6.45, 7) is 8.51. The minimum Gasteiger partial charge on any atom is -0.480 e. The van der Waals surface area contributed by atoms with Gasteiger partial charge in [-0.3, -0.25) is 9.59 Å². The molecule has 16 heavy (non-hydrogen) atoms. The van der Waals surface area contributed by atoms with Gasteiger partial charge >= 0.3 is 5.97 Å². The average Bonchev–Trinajstić information content (AvgIpc) is 2.14. The van der Waals surface area contributed by atoms with Crippen LogP contribution in [0, 0.1) is 17.3 Å². The molecule has 92 valence electrons. The first-order valence-electron chi connectivity index (χ1n) is 5.78. The van der Waals surface area contributed by atoms with Gasteiger partial charge in [0, 0.05) is 13.1 Å². The highest BCUT2D eigenvalue weighted by atomic mass is 16.4. The van der Waals surface area contributed by atoms with Crippen molar-refractivity contribution < 1.29 is 14.7 Å². The molecule has 0 aromatic heterocycles. The van der Waals surface area contributed by atoms with Crippen molar-refractivity contribution in [3.63, 3.8) is 0 Å². The fraction of sp³-hybridized carbons (Fsp3) is 0.833. The van der Waals surface area contributed by atoms with Crippen LogP contribution in [0.3, 0.4) is 0 Å². The summed E-state index contributed by atoms with van der Waals surface area (Å²) < 4.78 is 0. The van der Waals surface area contributed by atoms with Crippen LogP contribution in [0.5, 0.6) is 0 Å². The number of hydrogen-bond donors (Lipinski definition) is 1. The van der Waals surface area contributed by atoms with Crippen LogP contribution >= 0.6 is 0 Å². The van der Waals surface area contributed by atoms with E-state index in [2.05, 4.69) is 13.8 Å². The minimum atomic E-state index is -1.31. The standard InChI is InChI=1S/C12H21NO3/c1-8-5-9(2)7-13(6-8)10(14)12(3,4)11(15)16/h8-9H,5-7H2,1-4H3,(H,15,16). The molecule has 1 saturated heterocycles. The highest BCUT2D eigenvalue weighted by Gasteiger charge is 2.40. The Balaban J connectivity index is 2.77. The van der Waals surface area contributed by atoms with E-state index in [9.17, 15) is 9.59 Å². The minimum absolute atomic E-state index is 0.265. The topological polar surface area (TPSA) is 57.6 Å². The lowest BCUT2D eigenvalue weighted by Gasteiger charge is -2.38. The summed E-state index contributed by atoms with van der Waals surface area (Å²) in [6.07, 6.45) is 1.11. The number of carbonyl (C=O) groups is 2. The monoisotopic (exact) mass is 227 g/mol. The summed E-state index contributed by atoms with van der Waals surface area (Å²) in [7, 11) is 0. The van der Waals surface area contributed by atoms with Gasteiger partial charge in [0.05, 0.1) is 0 Å². The molecule has 1 aliphatic rings. The van der Waals surface area contributed by atoms with Crippen molar-refractivity contribution in [3.05, 3.63) is 0 Å². The zero-order chi connectivity index (χ0) is 12.5. The molecule has 2 unspecified atom stereocenters. The van der Waals surface area contributed by atoms with E-state index in [1.807, 2.05) is 0 Å². The molecule has 4 heteroatoms. The van der Waals surface area contributed by atoms with E-state index in [0.717, 1.165) is 6.42 Å². The van der Waals surface area contributed by atoms with Crippen LogP contribution < -0.4 is 0 Å². The van der Waals surface area contributed by atoms with Crippen molar-refractivity contribution in [2.75, 3.05) is 13.1 Å². The van der Waals surface area contributed by atoms with Crippen LogP contribution in [0.15, 0.2) is 0 Å². The van der Waals surface area contributed by atoms with Gasteiger partial charge < -0.3 is 10.0 Å². The second-order valence-electron chi connectivity index (χ2n) is 5.59. The first kappa shape index (κ1) is 13.0. The van der Waals surface area contributed by atoms with Crippen molar-refractivity contribution in [2.45, 2.75) is 34.1 Å². The van der Waals surface area contributed by atoms with Crippen LogP contribution in [0.4, 0.5) is 0 Å². The second-order valence-corrected chi connectivity index (χ2v) is 5.59. The van der Waals surface area contributed by atoms with E-state index in [4.69, 9.17) is 5.11 Å². The SMILES string of the molecule is CC1CC(C)CN(C(=O)C(C)(C)C(=O)O)C1. The van der Waals surface area contributed by atoms with Gasteiger partial charge in [-0.15, -0.1) is 0 Å². The van der Waals surface area contributed by atoms with Crippen LogP contribution in [-0.4, -0.2) is 35.0 Å². The predicted molar refractivity (Wildman–Crippen MR) is 60.9 cm³/mol. The number of carboxylic acids is 1. The van der Waals surface area contributed by atoms with E-state index < -0.39 is 11.4 Å². The first-order valence-corrected chi connectivity index (χ1v) is 5.78. The third kappa shape index (κ3) is 2.54. The second kappa shape index (κ2) is 4.44. The van der Waals surface area contributed by atoms with Gasteiger partial charge in [-0.05, 0) is 32.1 Å². The summed E-state index contributed by atoms with van der Waals surface area (Å²) >= 11 is 0. The van der Waals surface area contributed by atoms with E-state index in [1.54, 1.807) is 4.90 Å². The average molecular weight is 227 g/mol. The zero-order valence-electron chi connectivity index (χ0n) is 10.5. The molecule has 1 rings (SSSR count). The largest absolute Gasteiger partial charge is 0.480 e. The summed E-state index contributed by atoms with van der Waals surface area (Å²) in [4.78, 5) is 24.8. The number of carboxylic acid groups (broad SMARTS) is 1. The number of nitrogens with zero attached hydrogens (tertiary/aromatic N) is 1. The molecule has 1 amide bonds. The maximum absolute atomic E-state index is 12.1. The molecule has 0 saturated carbocycles. The van der Waals surface area contributed by atoms with Gasteiger partial charge in [-0.2, -0.15) is 0 Å². The van der Waals surface area contributed by atoms with E-state index in [0.29, 0.717) is 24.9 Å². The molecule has 0 aromatic rings. The Kier molecular flexibility index (Phi) is 3.61. The fourth-order valence-electron chi connectivity index (χ4n) is 2.32. The number of aliphatic carboxylic acids is 1. The Morgan fingerprint density at radius 1 is 1.19 bits per heavy atom. The number of amides is 1. The van der Waals surface area contributed by atoms with Crippen LogP contribution in [0.2, 0.25) is 0 Å². The zero-order valence-corrected chi connectivity index (χ0v) is 10.5. The first-order chi connectivity index (χ1) is 7.25. The Labute approximate surface area is 96.6 Å². The van der Waals surface area contributed by atoms with E-state index in [-0.39, 0.29) is 5.91 Å². The molecule has 1 fully saturated rings. The molecular formula is C12H21NO3. The molecular weight excluding hydrogens is 206 g/mol. The van der Waals surface area contributed by atoms with Gasteiger partial charge in [0.1, 0.15) is 5.41 Å². The highest BCUT2D eigenvalue weighted by molar-refractivity contribution is 6.01. The van der Waals surface area contributed by atoms with Crippen molar-refractivity contribution in [2.24, 2.45) is 17.3 Å². The van der Waals surface area contributed by atoms with Gasteiger partial charge in [0.15, 0.2) is 0 Å². The van der Waals surface area contributed by atoms with Gasteiger partial charge in [-0.25, -0.2) is 0 Å². The number of piperidine rings is 1. The number of rotatable bonds is 2. The Morgan fingerprint density at radius 2 is 1.62 bits per heavy atom. The van der Waals surface area contributed by atoms with E-state index in [1.165, 1.54) is 13.8 Å². The predicted octanol–water partition coefficient (Wildman–Crippen LogP) is 1.60. The Morgan fingerprint density at radius 3 is 2.00 bits per heavy atom. The highest BCUT2D eigenvalue weighted by Crippen LogP contribution is 2.26. The fourth-order valence-corrected chi connectivity index (χ4v) is 2.32. The van der Waals surface area contributed by atoms with E-state index >= 15 is 0 Å². The van der Waals surface area contributed by atoms with Crippen molar-refractivity contribution in [1.29, 1.82) is 0 Å². The molecule has 1 N–H and O–H groups in total. The maximum atomic E-state index is 12.1. The van der Waals surface area contributed by atoms with Crippen molar-refractivity contribution >= 4 is 11.9 Å². The van der Waals surface area contributed by atoms with Gasteiger partial charge in [-0.1, -0.05) is 13.8 Å². The normalized spacial score (nSPS) is 26.6. The molecule has 0 aromatic carbocycles. The molecule has 4 nitrogen and oxygen atoms in total. The maximum Gasteiger partial charge on any atom is 0.318 e. The summed E-state index contributed by atoms with van der Waals surface area (Å²) in [6, 6.07) is 0. The molecule has 1 aliphatic heterocycles. The van der Waals surface area contributed by atoms with Crippen LogP contribution in [0.25, 0.3) is 0 Å². The van der Waals surface area contributed by atoms with Crippen LogP contribution in [-0.2, 0) is 9.59 Å². The summed E-state index contributed by atoms with van der Waals surface area (Å²) in [5.74, 6) is -0.406. The van der Waals surface area contributed by atoms with Gasteiger partial charge in [0.2, 0.25) is 5.91 Å². The summed E-state index contributed by atoms with van der Waals surface area (Å²) in [5, 5.41) is 9.03. The smallest absolute Gasteiger partial charge is 0.318 e. The summed E-state index contributed by atoms with van der Waals surface area (Å²) in [5.41, 5.74) is -1.31. The molecule has 1 heterocycles. The Hall–Kier alpha value is -1.06. The molecule has 0 radical (unpaired) electrons. The van der Waals surface area contributed by atoms with Crippen molar-refractivity contribution in [3.8, 4) is 0 Å². The number of hydrogen-bond acceptors (Lipinski definition) is 2. The lowest BCUT2D eigenvalue weighted by molar-refractivity contribution is -0.159. The quantitative estimate of drug-likeness (QED) is 0.729. The van der Waals surface area contributed by atoms with Crippen LogP contribution in [0.1, 0.15) is 34.1 Å². The third-order valence-corrected chi connectivity index (χ3v) is 3.23. The Bertz CT molecular complexity index is 289. The molecule has 0 bridgehead atoms. The lowest BCUT2D eigenvalue weighted by atomic mass is 9.87. The molecule has 2 atom stereocenters. The molecule has 0 spiro atoms. The third-order valence-electron chi connectivity index (χ3n) is 3.23. The molecule has 0 aliphatic carbocycles.